The summed E-state index contributed by atoms with van der Waals surface area (Å²) in [6.07, 6.45) is 0.993. The molecule has 0 heterocycles. The molecule has 0 N–H and O–H groups in total. The second kappa shape index (κ2) is 5.08. The minimum atomic E-state index is -0.661. The lowest BCUT2D eigenvalue weighted by Crippen LogP contribution is -2.03. The highest BCUT2D eigenvalue weighted by atomic mass is 35.5. The first-order valence-corrected chi connectivity index (χ1v) is 5.15. The lowest BCUT2D eigenvalue weighted by atomic mass is 10.3. The fourth-order valence-corrected chi connectivity index (χ4v) is 1.60. The summed E-state index contributed by atoms with van der Waals surface area (Å²) in [7, 11) is 0. The zero-order valence-corrected chi connectivity index (χ0v) is 10.2. The summed E-state index contributed by atoms with van der Waals surface area (Å²) in [6.45, 7) is 3.24. The van der Waals surface area contributed by atoms with Crippen LogP contribution in [-0.4, -0.2) is 5.97 Å². The van der Waals surface area contributed by atoms with E-state index in [4.69, 9.17) is 51.1 Å². The summed E-state index contributed by atoms with van der Waals surface area (Å²) in [5.41, 5.74) is 0. The Morgan fingerprint density at radius 3 is 2.33 bits per heavy atom. The fraction of sp³-hybridized carbons (Fsp3) is 0. The Labute approximate surface area is 106 Å². The number of carbonyl (C=O) groups is 1. The Hall–Kier alpha value is -0.410. The van der Waals surface area contributed by atoms with Crippen LogP contribution in [0.1, 0.15) is 0 Å². The number of hydrogen-bond acceptors (Lipinski definition) is 2. The molecule has 0 bridgehead atoms. The van der Waals surface area contributed by atoms with Gasteiger partial charge in [0.2, 0.25) is 0 Å². The SMILES string of the molecule is C=CC(=O)Oc1cc(Cl)c(Cl)c(Cl)c1Cl. The van der Waals surface area contributed by atoms with E-state index in [1.54, 1.807) is 0 Å². The van der Waals surface area contributed by atoms with E-state index in [2.05, 4.69) is 6.58 Å². The van der Waals surface area contributed by atoms with Gasteiger partial charge in [-0.25, -0.2) is 4.79 Å². The largest absolute Gasteiger partial charge is 0.422 e. The standard InChI is InChI=1S/C9H4Cl4O2/c1-2-6(14)15-5-3-4(10)7(11)9(13)8(5)12/h2-3H,1H2. The molecule has 80 valence electrons. The van der Waals surface area contributed by atoms with Gasteiger partial charge in [-0.2, -0.15) is 0 Å². The molecule has 0 aliphatic rings. The Balaban J connectivity index is 3.20. The van der Waals surface area contributed by atoms with Crippen LogP contribution >= 0.6 is 46.4 Å². The van der Waals surface area contributed by atoms with E-state index in [9.17, 15) is 4.79 Å². The average molecular weight is 286 g/mol. The summed E-state index contributed by atoms with van der Waals surface area (Å²) < 4.78 is 4.79. The molecule has 1 aromatic carbocycles. The Morgan fingerprint density at radius 1 is 1.20 bits per heavy atom. The molecule has 0 saturated carbocycles. The molecular weight excluding hydrogens is 282 g/mol. The molecule has 0 saturated heterocycles. The molecule has 0 aromatic heterocycles. The number of ether oxygens (including phenoxy) is 1. The fourth-order valence-electron chi connectivity index (χ4n) is 0.775. The van der Waals surface area contributed by atoms with Crippen molar-refractivity contribution >= 4 is 52.4 Å². The van der Waals surface area contributed by atoms with Crippen molar-refractivity contribution in [3.05, 3.63) is 38.8 Å². The third-order valence-electron chi connectivity index (χ3n) is 1.45. The number of rotatable bonds is 2. The molecule has 0 aliphatic carbocycles. The second-order valence-electron chi connectivity index (χ2n) is 2.42. The third kappa shape index (κ3) is 2.79. The predicted molar refractivity (Wildman–Crippen MR) is 62.3 cm³/mol. The molecule has 1 rings (SSSR count). The van der Waals surface area contributed by atoms with Crippen LogP contribution < -0.4 is 4.74 Å². The molecule has 0 atom stereocenters. The van der Waals surface area contributed by atoms with Gasteiger partial charge in [-0.1, -0.05) is 53.0 Å². The zero-order valence-electron chi connectivity index (χ0n) is 7.19. The molecule has 0 radical (unpaired) electrons. The number of carbonyl (C=O) groups excluding carboxylic acids is 1. The maximum Gasteiger partial charge on any atom is 0.335 e. The Morgan fingerprint density at radius 2 is 1.80 bits per heavy atom. The normalized spacial score (nSPS) is 9.87. The first kappa shape index (κ1) is 12.7. The lowest BCUT2D eigenvalue weighted by molar-refractivity contribution is -0.128. The minimum Gasteiger partial charge on any atom is -0.422 e. The van der Waals surface area contributed by atoms with Crippen molar-refractivity contribution in [3.63, 3.8) is 0 Å². The molecule has 0 fully saturated rings. The number of benzene rings is 1. The van der Waals surface area contributed by atoms with Gasteiger partial charge in [-0.15, -0.1) is 0 Å². The Bertz CT molecular complexity index is 429. The van der Waals surface area contributed by atoms with Gasteiger partial charge in [0, 0.05) is 12.1 Å². The lowest BCUT2D eigenvalue weighted by Gasteiger charge is -2.07. The molecule has 1 aromatic rings. The van der Waals surface area contributed by atoms with E-state index in [0.717, 1.165) is 6.08 Å². The van der Waals surface area contributed by atoms with Crippen LogP contribution in [0.4, 0.5) is 0 Å². The second-order valence-corrected chi connectivity index (χ2v) is 3.96. The average Bonchev–Trinajstić information content (AvgIpc) is 2.22. The maximum atomic E-state index is 10.9. The topological polar surface area (TPSA) is 26.3 Å². The quantitative estimate of drug-likeness (QED) is 0.265. The van der Waals surface area contributed by atoms with Gasteiger partial charge in [0.1, 0.15) is 5.02 Å². The monoisotopic (exact) mass is 284 g/mol. The van der Waals surface area contributed by atoms with Crippen LogP contribution in [0, 0.1) is 0 Å². The summed E-state index contributed by atoms with van der Waals surface area (Å²) in [6, 6.07) is 1.31. The summed E-state index contributed by atoms with van der Waals surface area (Å²) >= 11 is 23.0. The van der Waals surface area contributed by atoms with Crippen molar-refractivity contribution in [1.82, 2.24) is 0 Å². The molecule has 0 amide bonds. The zero-order chi connectivity index (χ0) is 11.6. The first-order valence-electron chi connectivity index (χ1n) is 3.64. The van der Waals surface area contributed by atoms with Gasteiger partial charge in [0.15, 0.2) is 5.75 Å². The molecule has 2 nitrogen and oxygen atoms in total. The summed E-state index contributed by atoms with van der Waals surface area (Å²) in [5.74, 6) is -0.618. The van der Waals surface area contributed by atoms with Gasteiger partial charge >= 0.3 is 5.97 Å². The van der Waals surface area contributed by atoms with Crippen LogP contribution in [-0.2, 0) is 4.79 Å². The maximum absolute atomic E-state index is 10.9. The molecule has 0 unspecified atom stereocenters. The number of halogens is 4. The predicted octanol–water partition coefficient (Wildman–Crippen LogP) is 4.39. The van der Waals surface area contributed by atoms with Crippen molar-refractivity contribution < 1.29 is 9.53 Å². The van der Waals surface area contributed by atoms with E-state index >= 15 is 0 Å². The Kier molecular flexibility index (Phi) is 4.29. The van der Waals surface area contributed by atoms with E-state index in [-0.39, 0.29) is 25.8 Å². The van der Waals surface area contributed by atoms with E-state index < -0.39 is 5.97 Å². The van der Waals surface area contributed by atoms with Gasteiger partial charge in [0.05, 0.1) is 15.1 Å². The van der Waals surface area contributed by atoms with E-state index in [1.165, 1.54) is 6.07 Å². The molecule has 0 spiro atoms. The van der Waals surface area contributed by atoms with Crippen LogP contribution in [0.25, 0.3) is 0 Å². The van der Waals surface area contributed by atoms with Crippen molar-refractivity contribution in [2.75, 3.05) is 0 Å². The number of esters is 1. The minimum absolute atomic E-state index is 0.0290. The van der Waals surface area contributed by atoms with E-state index in [0.29, 0.717) is 0 Å². The highest BCUT2D eigenvalue weighted by Gasteiger charge is 2.15. The summed E-state index contributed by atoms with van der Waals surface area (Å²) in [5, 5.41) is 0.332. The summed E-state index contributed by atoms with van der Waals surface area (Å²) in [4.78, 5) is 10.9. The van der Waals surface area contributed by atoms with Crippen molar-refractivity contribution in [2.24, 2.45) is 0 Å². The molecule has 15 heavy (non-hydrogen) atoms. The van der Waals surface area contributed by atoms with Gasteiger partial charge in [-0.05, 0) is 0 Å². The van der Waals surface area contributed by atoms with Crippen LogP contribution in [0.2, 0.25) is 20.1 Å². The molecule has 6 heteroatoms. The van der Waals surface area contributed by atoms with Gasteiger partial charge in [0.25, 0.3) is 0 Å². The van der Waals surface area contributed by atoms with Gasteiger partial charge < -0.3 is 4.74 Å². The molecule has 0 aliphatic heterocycles. The highest BCUT2D eigenvalue weighted by molar-refractivity contribution is 6.52. The number of hydrogen-bond donors (Lipinski definition) is 0. The van der Waals surface area contributed by atoms with E-state index in [1.807, 2.05) is 0 Å². The van der Waals surface area contributed by atoms with Gasteiger partial charge in [-0.3, -0.25) is 0 Å². The van der Waals surface area contributed by atoms with Crippen LogP contribution in [0.15, 0.2) is 18.7 Å². The third-order valence-corrected chi connectivity index (χ3v) is 3.18. The smallest absolute Gasteiger partial charge is 0.335 e. The molecular formula is C9H4Cl4O2. The highest BCUT2D eigenvalue weighted by Crippen LogP contribution is 2.41. The van der Waals surface area contributed by atoms with Crippen LogP contribution in [0.3, 0.4) is 0 Å². The van der Waals surface area contributed by atoms with Crippen molar-refractivity contribution in [2.45, 2.75) is 0 Å². The van der Waals surface area contributed by atoms with Crippen molar-refractivity contribution in [1.29, 1.82) is 0 Å². The first-order chi connectivity index (χ1) is 6.97. The van der Waals surface area contributed by atoms with Crippen molar-refractivity contribution in [3.8, 4) is 5.75 Å². The van der Waals surface area contributed by atoms with Crippen LogP contribution in [0.5, 0.6) is 5.75 Å².